The quantitative estimate of drug-likeness (QED) is 0.910. The van der Waals surface area contributed by atoms with Crippen molar-refractivity contribution in [1.29, 1.82) is 0 Å². The van der Waals surface area contributed by atoms with Gasteiger partial charge in [0.25, 0.3) is 0 Å². The number of piperidine rings is 1. The van der Waals surface area contributed by atoms with Crippen LogP contribution in [0.5, 0.6) is 5.75 Å². The Hall–Kier alpha value is -1.31. The Kier molecular flexibility index (Phi) is 4.75. The molecule has 0 saturated carbocycles. The first-order valence-corrected chi connectivity index (χ1v) is 8.28. The van der Waals surface area contributed by atoms with Crippen molar-refractivity contribution in [1.82, 2.24) is 4.31 Å². The van der Waals surface area contributed by atoms with Crippen molar-refractivity contribution in [2.24, 2.45) is 0 Å². The number of hydrogen-bond acceptors (Lipinski definition) is 4. The van der Waals surface area contributed by atoms with E-state index in [1.807, 2.05) is 0 Å². The van der Waals surface area contributed by atoms with E-state index < -0.39 is 22.0 Å². The summed E-state index contributed by atoms with van der Waals surface area (Å²) in [5.74, 6) is -0.992. The number of rotatable bonds is 4. The molecule has 1 saturated heterocycles. The molecule has 1 fully saturated rings. The predicted molar refractivity (Wildman–Crippen MR) is 77.2 cm³/mol. The normalized spacial score (nSPS) is 20.2. The molecule has 1 heterocycles. The number of benzene rings is 1. The van der Waals surface area contributed by atoms with E-state index >= 15 is 0 Å². The summed E-state index contributed by atoms with van der Waals surface area (Å²) in [7, 11) is -2.62. The number of carboxylic acid groups (broad SMARTS) is 1. The van der Waals surface area contributed by atoms with E-state index in [4.69, 9.17) is 16.3 Å². The average molecular weight is 334 g/mol. The summed E-state index contributed by atoms with van der Waals surface area (Å²) < 4.78 is 31.6. The molecule has 1 atom stereocenters. The largest absolute Gasteiger partial charge is 0.495 e. The van der Waals surface area contributed by atoms with Crippen LogP contribution >= 0.6 is 11.6 Å². The Morgan fingerprint density at radius 3 is 2.76 bits per heavy atom. The molecule has 2 rings (SSSR count). The van der Waals surface area contributed by atoms with Gasteiger partial charge in [-0.1, -0.05) is 11.6 Å². The third-order valence-corrected chi connectivity index (χ3v) is 5.62. The highest BCUT2D eigenvalue weighted by Gasteiger charge is 2.38. The van der Waals surface area contributed by atoms with Crippen LogP contribution in [0.15, 0.2) is 23.1 Å². The van der Waals surface area contributed by atoms with Crippen molar-refractivity contribution >= 4 is 27.6 Å². The Labute approximate surface area is 128 Å². The maximum Gasteiger partial charge on any atom is 0.322 e. The van der Waals surface area contributed by atoms with Gasteiger partial charge in [-0.05, 0) is 37.5 Å². The topological polar surface area (TPSA) is 83.9 Å². The summed E-state index contributed by atoms with van der Waals surface area (Å²) in [5, 5.41) is 9.48. The fraction of sp³-hybridized carbons (Fsp3) is 0.462. The van der Waals surface area contributed by atoms with E-state index in [1.54, 1.807) is 0 Å². The molecule has 0 bridgehead atoms. The third kappa shape index (κ3) is 3.14. The lowest BCUT2D eigenvalue weighted by Gasteiger charge is -2.32. The molecule has 1 aromatic rings. The molecule has 116 valence electrons. The summed E-state index contributed by atoms with van der Waals surface area (Å²) >= 11 is 5.86. The molecule has 6 nitrogen and oxygen atoms in total. The average Bonchev–Trinajstić information content (AvgIpc) is 2.47. The minimum Gasteiger partial charge on any atom is -0.495 e. The van der Waals surface area contributed by atoms with E-state index in [9.17, 15) is 18.3 Å². The summed E-state index contributed by atoms with van der Waals surface area (Å²) in [6.45, 7) is 0.176. The number of methoxy groups -OCH3 is 1. The number of hydrogen-bond donors (Lipinski definition) is 1. The van der Waals surface area contributed by atoms with Gasteiger partial charge in [0.1, 0.15) is 16.7 Å². The second-order valence-corrected chi connectivity index (χ2v) is 7.06. The van der Waals surface area contributed by atoms with Crippen LogP contribution in [-0.2, 0) is 14.8 Å². The zero-order valence-electron chi connectivity index (χ0n) is 11.5. The van der Waals surface area contributed by atoms with E-state index in [1.165, 1.54) is 25.3 Å². The summed E-state index contributed by atoms with van der Waals surface area (Å²) in [5.41, 5.74) is 0. The van der Waals surface area contributed by atoms with Gasteiger partial charge in [-0.25, -0.2) is 8.42 Å². The number of aliphatic carboxylic acids is 1. The van der Waals surface area contributed by atoms with Crippen molar-refractivity contribution in [2.45, 2.75) is 30.2 Å². The molecular formula is C13H16ClNO5S. The minimum absolute atomic E-state index is 0.106. The molecule has 1 unspecified atom stereocenters. The van der Waals surface area contributed by atoms with Crippen molar-refractivity contribution < 1.29 is 23.1 Å². The Morgan fingerprint density at radius 2 is 2.14 bits per heavy atom. The van der Waals surface area contributed by atoms with Crippen molar-refractivity contribution in [3.05, 3.63) is 23.2 Å². The second-order valence-electron chi connectivity index (χ2n) is 4.76. The summed E-state index contributed by atoms with van der Waals surface area (Å²) in [6.07, 6.45) is 1.62. The molecule has 0 amide bonds. The van der Waals surface area contributed by atoms with Crippen LogP contribution in [0.3, 0.4) is 0 Å². The van der Waals surface area contributed by atoms with Crippen LogP contribution in [0.1, 0.15) is 19.3 Å². The maximum absolute atomic E-state index is 12.8. The van der Waals surface area contributed by atoms with Crippen molar-refractivity contribution in [3.8, 4) is 5.75 Å². The minimum atomic E-state index is -3.98. The van der Waals surface area contributed by atoms with Crippen molar-refractivity contribution in [2.75, 3.05) is 13.7 Å². The highest BCUT2D eigenvalue weighted by molar-refractivity contribution is 7.89. The van der Waals surface area contributed by atoms with Crippen LogP contribution < -0.4 is 4.74 Å². The van der Waals surface area contributed by atoms with E-state index in [-0.39, 0.29) is 22.2 Å². The number of carboxylic acids is 1. The smallest absolute Gasteiger partial charge is 0.322 e. The fourth-order valence-corrected chi connectivity index (χ4v) is 4.49. The molecule has 0 spiro atoms. The number of ether oxygens (including phenoxy) is 1. The lowest BCUT2D eigenvalue weighted by Crippen LogP contribution is -2.47. The molecule has 1 aliphatic heterocycles. The van der Waals surface area contributed by atoms with Crippen molar-refractivity contribution in [3.63, 3.8) is 0 Å². The Bertz CT molecular complexity index is 646. The van der Waals surface area contributed by atoms with E-state index in [2.05, 4.69) is 0 Å². The van der Waals surface area contributed by atoms with Gasteiger partial charge in [0.15, 0.2) is 0 Å². The molecular weight excluding hydrogens is 318 g/mol. The first-order valence-electron chi connectivity index (χ1n) is 6.46. The van der Waals surface area contributed by atoms with Gasteiger partial charge in [-0.15, -0.1) is 0 Å². The van der Waals surface area contributed by atoms with Crippen LogP contribution in [0.2, 0.25) is 5.02 Å². The number of carbonyl (C=O) groups is 1. The van der Waals surface area contributed by atoms with Gasteiger partial charge in [0.05, 0.1) is 7.11 Å². The molecule has 1 N–H and O–H groups in total. The van der Waals surface area contributed by atoms with E-state index in [0.717, 1.165) is 4.31 Å². The van der Waals surface area contributed by atoms with Crippen LogP contribution in [0.4, 0.5) is 0 Å². The molecule has 1 aliphatic rings. The lowest BCUT2D eigenvalue weighted by molar-refractivity contribution is -0.142. The van der Waals surface area contributed by atoms with Gasteiger partial charge < -0.3 is 9.84 Å². The number of halogens is 1. The molecule has 0 aromatic heterocycles. The van der Waals surface area contributed by atoms with Crippen LogP contribution in [0.25, 0.3) is 0 Å². The highest BCUT2D eigenvalue weighted by Crippen LogP contribution is 2.32. The van der Waals surface area contributed by atoms with E-state index in [0.29, 0.717) is 19.3 Å². The van der Waals surface area contributed by atoms with Gasteiger partial charge in [-0.2, -0.15) is 4.31 Å². The lowest BCUT2D eigenvalue weighted by atomic mass is 10.1. The van der Waals surface area contributed by atoms with Crippen LogP contribution in [-0.4, -0.2) is 43.5 Å². The van der Waals surface area contributed by atoms with Gasteiger partial charge in [-0.3, -0.25) is 4.79 Å². The van der Waals surface area contributed by atoms with Crippen LogP contribution in [0, 0.1) is 0 Å². The molecule has 8 heteroatoms. The molecule has 1 aromatic carbocycles. The molecule has 21 heavy (non-hydrogen) atoms. The predicted octanol–water partition coefficient (Wildman–Crippen LogP) is 1.98. The standard InChI is InChI=1S/C13H16ClNO5S/c1-20-11-6-5-9(14)8-12(11)21(18,19)15-7-3-2-4-10(15)13(16)17/h5-6,8,10H,2-4,7H2,1H3,(H,16,17). The summed E-state index contributed by atoms with van der Waals surface area (Å²) in [4.78, 5) is 11.2. The SMILES string of the molecule is COc1ccc(Cl)cc1S(=O)(=O)N1CCCCC1C(=O)O. The number of sulfonamides is 1. The zero-order valence-corrected chi connectivity index (χ0v) is 13.0. The monoisotopic (exact) mass is 333 g/mol. The summed E-state index contributed by atoms with van der Waals surface area (Å²) in [6, 6.07) is 3.20. The first kappa shape index (κ1) is 16.1. The highest BCUT2D eigenvalue weighted by atomic mass is 35.5. The fourth-order valence-electron chi connectivity index (χ4n) is 2.42. The second kappa shape index (κ2) is 6.21. The Balaban J connectivity index is 2.50. The first-order chi connectivity index (χ1) is 9.87. The van der Waals surface area contributed by atoms with Gasteiger partial charge in [0.2, 0.25) is 10.0 Å². The molecule has 0 aliphatic carbocycles. The molecule has 0 radical (unpaired) electrons. The zero-order chi connectivity index (χ0) is 15.6. The van der Waals surface area contributed by atoms with Gasteiger partial charge in [0, 0.05) is 11.6 Å². The Morgan fingerprint density at radius 1 is 1.43 bits per heavy atom. The third-order valence-electron chi connectivity index (χ3n) is 3.45. The maximum atomic E-state index is 12.8. The number of nitrogens with zero attached hydrogens (tertiary/aromatic N) is 1. The van der Waals surface area contributed by atoms with Gasteiger partial charge >= 0.3 is 5.97 Å².